The molecule has 0 atom stereocenters. The van der Waals surface area contributed by atoms with Crippen molar-refractivity contribution in [1.29, 1.82) is 0 Å². The highest BCUT2D eigenvalue weighted by Gasteiger charge is 2.04. The lowest BCUT2D eigenvalue weighted by Crippen LogP contribution is -1.98. The first-order valence-corrected chi connectivity index (χ1v) is 4.43. The molecule has 15 heavy (non-hydrogen) atoms. The van der Waals surface area contributed by atoms with Gasteiger partial charge in [-0.3, -0.25) is 0 Å². The fraction of sp³-hybridized carbons (Fsp3) is 0. The van der Waals surface area contributed by atoms with Gasteiger partial charge in [0.25, 0.3) is 0 Å². The van der Waals surface area contributed by atoms with Gasteiger partial charge in [0.1, 0.15) is 5.69 Å². The van der Waals surface area contributed by atoms with Crippen LogP contribution in [0.15, 0.2) is 35.6 Å². The molecule has 0 saturated heterocycles. The van der Waals surface area contributed by atoms with Crippen LogP contribution in [0.25, 0.3) is 5.69 Å². The number of carbonyl (C=O) groups excluding carboxylic acids is 1. The summed E-state index contributed by atoms with van der Waals surface area (Å²) in [6, 6.07) is 4.86. The molecule has 2 aromatic rings. The van der Waals surface area contributed by atoms with E-state index in [0.717, 1.165) is 0 Å². The zero-order chi connectivity index (χ0) is 10.7. The average molecular weight is 221 g/mol. The molecular weight excluding hydrogens is 216 g/mol. The number of hydrogen-bond acceptors (Lipinski definition) is 4. The van der Waals surface area contributed by atoms with Crippen molar-refractivity contribution in [3.8, 4) is 5.69 Å². The van der Waals surface area contributed by atoms with Crippen LogP contribution in [0.5, 0.6) is 0 Å². The van der Waals surface area contributed by atoms with E-state index in [1.807, 2.05) is 0 Å². The van der Waals surface area contributed by atoms with E-state index in [4.69, 9.17) is 11.6 Å². The first-order valence-electron chi connectivity index (χ1n) is 4.05. The summed E-state index contributed by atoms with van der Waals surface area (Å²) in [6.45, 7) is 0. The smallest absolute Gasteiger partial charge is 0.211 e. The molecule has 2 rings (SSSR count). The number of aliphatic imine (C=N–C) groups is 1. The minimum absolute atomic E-state index is 0.419. The van der Waals surface area contributed by atoms with Crippen molar-refractivity contribution in [2.45, 2.75) is 0 Å². The quantitative estimate of drug-likeness (QED) is 0.574. The van der Waals surface area contributed by atoms with E-state index >= 15 is 0 Å². The average Bonchev–Trinajstić information content (AvgIpc) is 2.71. The third-order valence-corrected chi connectivity index (χ3v) is 2.04. The largest absolute Gasteiger partial charge is 0.240 e. The van der Waals surface area contributed by atoms with Crippen molar-refractivity contribution in [2.24, 2.45) is 4.99 Å². The summed E-state index contributed by atoms with van der Waals surface area (Å²) < 4.78 is 0. The minimum atomic E-state index is 0.419. The highest BCUT2D eigenvalue weighted by Crippen LogP contribution is 2.24. The lowest BCUT2D eigenvalue weighted by Gasteiger charge is -2.02. The molecule has 0 aliphatic heterocycles. The highest BCUT2D eigenvalue weighted by atomic mass is 35.5. The molecule has 0 N–H and O–H groups in total. The maximum Gasteiger partial charge on any atom is 0.240 e. The lowest BCUT2D eigenvalue weighted by molar-refractivity contribution is 0.565. The summed E-state index contributed by atoms with van der Waals surface area (Å²) in [5.74, 6) is 0. The van der Waals surface area contributed by atoms with Crippen molar-refractivity contribution in [1.82, 2.24) is 15.0 Å². The van der Waals surface area contributed by atoms with Crippen LogP contribution in [0.1, 0.15) is 0 Å². The van der Waals surface area contributed by atoms with Crippen molar-refractivity contribution in [2.75, 3.05) is 0 Å². The molecular formula is C9H5ClN4O. The standard InChI is InChI=1S/C9H5ClN4O/c10-8-5-7(11-6-15)1-2-9(8)14-12-3-4-13-14/h1-5H. The van der Waals surface area contributed by atoms with Crippen molar-refractivity contribution in [3.05, 3.63) is 35.6 Å². The summed E-state index contributed by atoms with van der Waals surface area (Å²) in [4.78, 5) is 14.9. The van der Waals surface area contributed by atoms with E-state index in [-0.39, 0.29) is 0 Å². The van der Waals surface area contributed by atoms with Crippen molar-refractivity contribution >= 4 is 23.4 Å². The van der Waals surface area contributed by atoms with E-state index in [2.05, 4.69) is 15.2 Å². The van der Waals surface area contributed by atoms with Crippen LogP contribution in [-0.2, 0) is 4.79 Å². The van der Waals surface area contributed by atoms with Gasteiger partial charge >= 0.3 is 0 Å². The van der Waals surface area contributed by atoms with Gasteiger partial charge in [0.05, 0.1) is 23.1 Å². The van der Waals surface area contributed by atoms with Gasteiger partial charge in [-0.2, -0.15) is 20.0 Å². The van der Waals surface area contributed by atoms with E-state index in [1.54, 1.807) is 30.6 Å². The maximum atomic E-state index is 10.0. The zero-order valence-electron chi connectivity index (χ0n) is 7.46. The van der Waals surface area contributed by atoms with Crippen LogP contribution in [0, 0.1) is 0 Å². The summed E-state index contributed by atoms with van der Waals surface area (Å²) in [7, 11) is 0. The molecule has 0 aliphatic carbocycles. The van der Waals surface area contributed by atoms with E-state index in [1.165, 1.54) is 10.9 Å². The van der Waals surface area contributed by atoms with Gasteiger partial charge in [-0.25, -0.2) is 4.79 Å². The Hall–Kier alpha value is -1.97. The predicted octanol–water partition coefficient (Wildman–Crippen LogP) is 1.89. The van der Waals surface area contributed by atoms with Crippen LogP contribution in [-0.4, -0.2) is 21.1 Å². The Bertz CT molecular complexity index is 517. The Kier molecular flexibility index (Phi) is 2.58. The summed E-state index contributed by atoms with van der Waals surface area (Å²) in [6.07, 6.45) is 4.54. The molecule has 0 radical (unpaired) electrons. The molecule has 1 aromatic carbocycles. The van der Waals surface area contributed by atoms with Crippen LogP contribution < -0.4 is 0 Å². The first-order chi connectivity index (χ1) is 7.31. The molecule has 0 spiro atoms. The maximum absolute atomic E-state index is 10.0. The molecule has 0 aliphatic rings. The van der Waals surface area contributed by atoms with Crippen LogP contribution >= 0.6 is 11.6 Å². The molecule has 0 fully saturated rings. The van der Waals surface area contributed by atoms with E-state index < -0.39 is 0 Å². The SMILES string of the molecule is O=C=Nc1ccc(-n2nccn2)c(Cl)c1. The molecule has 5 nitrogen and oxygen atoms in total. The van der Waals surface area contributed by atoms with Gasteiger partial charge in [0, 0.05) is 0 Å². The molecule has 74 valence electrons. The second kappa shape index (κ2) is 4.04. The first kappa shape index (κ1) is 9.58. The Balaban J connectivity index is 2.48. The van der Waals surface area contributed by atoms with Gasteiger partial charge in [0.15, 0.2) is 0 Å². The Labute approximate surface area is 90.0 Å². The molecule has 0 unspecified atom stereocenters. The number of hydrogen-bond donors (Lipinski definition) is 0. The summed E-state index contributed by atoms with van der Waals surface area (Å²) >= 11 is 5.97. The third kappa shape index (κ3) is 1.93. The van der Waals surface area contributed by atoms with Gasteiger partial charge < -0.3 is 0 Å². The highest BCUT2D eigenvalue weighted by molar-refractivity contribution is 6.32. The van der Waals surface area contributed by atoms with Crippen LogP contribution in [0.4, 0.5) is 5.69 Å². The monoisotopic (exact) mass is 220 g/mol. The summed E-state index contributed by atoms with van der Waals surface area (Å²) in [5, 5.41) is 8.29. The van der Waals surface area contributed by atoms with Gasteiger partial charge in [0.2, 0.25) is 6.08 Å². The number of rotatable bonds is 2. The van der Waals surface area contributed by atoms with Crippen molar-refractivity contribution in [3.63, 3.8) is 0 Å². The molecule has 1 aromatic heterocycles. The second-order valence-corrected chi connectivity index (χ2v) is 3.06. The van der Waals surface area contributed by atoms with Gasteiger partial charge in [-0.1, -0.05) is 11.6 Å². The minimum Gasteiger partial charge on any atom is -0.211 e. The third-order valence-electron chi connectivity index (χ3n) is 1.74. The number of aromatic nitrogens is 3. The Morgan fingerprint density at radius 3 is 2.67 bits per heavy atom. The number of nitrogens with zero attached hydrogens (tertiary/aromatic N) is 4. The topological polar surface area (TPSA) is 60.1 Å². The Morgan fingerprint density at radius 1 is 1.33 bits per heavy atom. The van der Waals surface area contributed by atoms with Crippen LogP contribution in [0.3, 0.4) is 0 Å². The van der Waals surface area contributed by atoms with Gasteiger partial charge in [-0.15, -0.1) is 0 Å². The normalized spacial score (nSPS) is 9.67. The molecule has 6 heteroatoms. The molecule has 0 bridgehead atoms. The van der Waals surface area contributed by atoms with E-state index in [0.29, 0.717) is 16.4 Å². The number of benzene rings is 1. The second-order valence-electron chi connectivity index (χ2n) is 2.66. The molecule has 1 heterocycles. The number of isocyanates is 1. The Morgan fingerprint density at radius 2 is 2.07 bits per heavy atom. The molecule has 0 saturated carbocycles. The number of halogens is 1. The fourth-order valence-corrected chi connectivity index (χ4v) is 1.37. The van der Waals surface area contributed by atoms with Gasteiger partial charge in [-0.05, 0) is 18.2 Å². The van der Waals surface area contributed by atoms with E-state index in [9.17, 15) is 4.79 Å². The van der Waals surface area contributed by atoms with Crippen molar-refractivity contribution < 1.29 is 4.79 Å². The lowest BCUT2D eigenvalue weighted by atomic mass is 10.3. The predicted molar refractivity (Wildman–Crippen MR) is 54.2 cm³/mol. The zero-order valence-corrected chi connectivity index (χ0v) is 8.22. The fourth-order valence-electron chi connectivity index (χ4n) is 1.12. The molecule has 0 amide bonds. The summed E-state index contributed by atoms with van der Waals surface area (Å²) in [5.41, 5.74) is 1.08. The van der Waals surface area contributed by atoms with Crippen LogP contribution in [0.2, 0.25) is 5.02 Å².